The van der Waals surface area contributed by atoms with Gasteiger partial charge in [-0.2, -0.15) is 0 Å². The van der Waals surface area contributed by atoms with Crippen molar-refractivity contribution in [1.82, 2.24) is 4.98 Å². The molecular weight excluding hydrogens is 342 g/mol. The van der Waals surface area contributed by atoms with Gasteiger partial charge in [-0.15, -0.1) is 11.3 Å². The number of rotatable bonds is 6. The van der Waals surface area contributed by atoms with E-state index < -0.39 is 6.16 Å². The van der Waals surface area contributed by atoms with Gasteiger partial charge in [0.1, 0.15) is 23.1 Å². The largest absolute Gasteiger partial charge is 0.512 e. The van der Waals surface area contributed by atoms with Crippen molar-refractivity contribution < 1.29 is 24.1 Å². The van der Waals surface area contributed by atoms with Crippen molar-refractivity contribution in [2.24, 2.45) is 0 Å². The van der Waals surface area contributed by atoms with Gasteiger partial charge >= 0.3 is 6.16 Å². The third-order valence-corrected chi connectivity index (χ3v) is 4.16. The standard InChI is InChI=1S/C18H15NO5S/c1-22-14-6-2-12(3-7-14)13-4-8-15(9-5-13)23-10-17-19-16(11-25-17)24-18(20)21/h2-9,11H,10H2,1H3,(H,20,21). The summed E-state index contributed by atoms with van der Waals surface area (Å²) in [5.41, 5.74) is 2.16. The molecule has 0 amide bonds. The maximum atomic E-state index is 10.4. The number of thiazole rings is 1. The number of carboxylic acid groups (broad SMARTS) is 1. The molecule has 0 aliphatic heterocycles. The Balaban J connectivity index is 1.60. The summed E-state index contributed by atoms with van der Waals surface area (Å²) < 4.78 is 15.3. The molecule has 25 heavy (non-hydrogen) atoms. The summed E-state index contributed by atoms with van der Waals surface area (Å²) in [6.07, 6.45) is -1.38. The van der Waals surface area contributed by atoms with Gasteiger partial charge in [-0.1, -0.05) is 24.3 Å². The van der Waals surface area contributed by atoms with Gasteiger partial charge in [0.15, 0.2) is 0 Å². The Morgan fingerprint density at radius 1 is 1.04 bits per heavy atom. The van der Waals surface area contributed by atoms with Crippen molar-refractivity contribution in [2.45, 2.75) is 6.61 Å². The van der Waals surface area contributed by atoms with E-state index in [2.05, 4.69) is 9.72 Å². The molecule has 0 bridgehead atoms. The van der Waals surface area contributed by atoms with Gasteiger partial charge < -0.3 is 19.3 Å². The molecule has 0 spiro atoms. The van der Waals surface area contributed by atoms with E-state index in [-0.39, 0.29) is 12.5 Å². The first-order valence-electron chi connectivity index (χ1n) is 7.36. The fraction of sp³-hybridized carbons (Fsp3) is 0.111. The Morgan fingerprint density at radius 3 is 2.20 bits per heavy atom. The Kier molecular flexibility index (Phi) is 5.15. The first kappa shape index (κ1) is 16.8. The van der Waals surface area contributed by atoms with Gasteiger partial charge in [-0.3, -0.25) is 0 Å². The van der Waals surface area contributed by atoms with E-state index in [9.17, 15) is 4.79 Å². The summed E-state index contributed by atoms with van der Waals surface area (Å²) in [5, 5.41) is 10.7. The molecule has 1 aromatic heterocycles. The number of aromatic nitrogens is 1. The molecule has 3 aromatic rings. The van der Waals surface area contributed by atoms with Crippen LogP contribution in [0.1, 0.15) is 5.01 Å². The third-order valence-electron chi connectivity index (χ3n) is 3.36. The van der Waals surface area contributed by atoms with Gasteiger partial charge in [0.25, 0.3) is 0 Å². The van der Waals surface area contributed by atoms with E-state index in [0.29, 0.717) is 10.8 Å². The molecule has 0 radical (unpaired) electrons. The van der Waals surface area contributed by atoms with Crippen LogP contribution in [-0.4, -0.2) is 23.4 Å². The van der Waals surface area contributed by atoms with Crippen molar-refractivity contribution in [3.05, 3.63) is 58.9 Å². The van der Waals surface area contributed by atoms with Crippen LogP contribution in [0.4, 0.5) is 4.79 Å². The summed E-state index contributed by atoms with van der Waals surface area (Å²) in [6.45, 7) is 0.246. The highest BCUT2D eigenvalue weighted by Crippen LogP contribution is 2.25. The quantitative estimate of drug-likeness (QED) is 0.657. The molecule has 0 unspecified atom stereocenters. The SMILES string of the molecule is COc1ccc(-c2ccc(OCc3nc(OC(=O)O)cs3)cc2)cc1. The average Bonchev–Trinajstić information content (AvgIpc) is 3.07. The highest BCUT2D eigenvalue weighted by atomic mass is 32.1. The number of methoxy groups -OCH3 is 1. The molecule has 7 heteroatoms. The number of ether oxygens (including phenoxy) is 3. The summed E-state index contributed by atoms with van der Waals surface area (Å²) in [6, 6.07) is 15.5. The van der Waals surface area contributed by atoms with Crippen molar-refractivity contribution >= 4 is 17.5 Å². The molecule has 0 aliphatic carbocycles. The van der Waals surface area contributed by atoms with Crippen LogP contribution in [0.15, 0.2) is 53.9 Å². The lowest BCUT2D eigenvalue weighted by Gasteiger charge is -2.07. The lowest BCUT2D eigenvalue weighted by atomic mass is 10.1. The minimum Gasteiger partial charge on any atom is -0.497 e. The maximum absolute atomic E-state index is 10.4. The topological polar surface area (TPSA) is 77.9 Å². The summed E-state index contributed by atoms with van der Waals surface area (Å²) >= 11 is 1.28. The Labute approximate surface area is 148 Å². The Hall–Kier alpha value is -3.06. The molecular formula is C18H15NO5S. The summed E-state index contributed by atoms with van der Waals surface area (Å²) in [4.78, 5) is 14.5. The van der Waals surface area contributed by atoms with Crippen molar-refractivity contribution in [2.75, 3.05) is 7.11 Å². The van der Waals surface area contributed by atoms with Gasteiger partial charge in [-0.05, 0) is 35.4 Å². The van der Waals surface area contributed by atoms with Crippen LogP contribution in [0.5, 0.6) is 17.4 Å². The fourth-order valence-corrected chi connectivity index (χ4v) is 2.78. The minimum absolute atomic E-state index is 0.0611. The van der Waals surface area contributed by atoms with Crippen LogP contribution < -0.4 is 14.2 Å². The van der Waals surface area contributed by atoms with E-state index in [1.54, 1.807) is 7.11 Å². The van der Waals surface area contributed by atoms with Crippen molar-refractivity contribution in [1.29, 1.82) is 0 Å². The molecule has 128 valence electrons. The zero-order chi connectivity index (χ0) is 17.6. The molecule has 0 aliphatic rings. The van der Waals surface area contributed by atoms with Crippen LogP contribution in [-0.2, 0) is 6.61 Å². The predicted molar refractivity (Wildman–Crippen MR) is 93.5 cm³/mol. The molecule has 3 rings (SSSR count). The number of carbonyl (C=O) groups is 1. The Bertz CT molecular complexity index is 843. The van der Waals surface area contributed by atoms with Crippen molar-refractivity contribution in [3.8, 4) is 28.5 Å². The fourth-order valence-electron chi connectivity index (χ4n) is 2.17. The normalized spacial score (nSPS) is 10.3. The highest BCUT2D eigenvalue weighted by Gasteiger charge is 2.07. The molecule has 0 saturated heterocycles. The monoisotopic (exact) mass is 357 g/mol. The zero-order valence-corrected chi connectivity index (χ0v) is 14.2. The number of benzene rings is 2. The maximum Gasteiger partial charge on any atom is 0.512 e. The smallest absolute Gasteiger partial charge is 0.497 e. The second-order valence-electron chi connectivity index (χ2n) is 4.99. The minimum atomic E-state index is -1.38. The summed E-state index contributed by atoms with van der Waals surface area (Å²) in [5.74, 6) is 1.58. The highest BCUT2D eigenvalue weighted by molar-refractivity contribution is 7.09. The van der Waals surface area contributed by atoms with Crippen LogP contribution in [0.25, 0.3) is 11.1 Å². The summed E-state index contributed by atoms with van der Waals surface area (Å²) in [7, 11) is 1.64. The second kappa shape index (κ2) is 7.67. The lowest BCUT2D eigenvalue weighted by Crippen LogP contribution is -2.03. The van der Waals surface area contributed by atoms with Gasteiger partial charge in [0.2, 0.25) is 5.88 Å². The van der Waals surface area contributed by atoms with Crippen LogP contribution in [0.2, 0.25) is 0 Å². The Morgan fingerprint density at radius 2 is 1.64 bits per heavy atom. The van der Waals surface area contributed by atoms with Crippen LogP contribution >= 0.6 is 11.3 Å². The van der Waals surface area contributed by atoms with Gasteiger partial charge in [0.05, 0.1) is 12.5 Å². The predicted octanol–water partition coefficient (Wildman–Crippen LogP) is 4.45. The first-order valence-corrected chi connectivity index (χ1v) is 8.24. The number of nitrogens with zero attached hydrogens (tertiary/aromatic N) is 1. The molecule has 6 nitrogen and oxygen atoms in total. The lowest BCUT2D eigenvalue weighted by molar-refractivity contribution is 0.142. The van der Waals surface area contributed by atoms with E-state index >= 15 is 0 Å². The van der Waals surface area contributed by atoms with E-state index in [4.69, 9.17) is 14.6 Å². The average molecular weight is 357 g/mol. The molecule has 1 heterocycles. The van der Waals surface area contributed by atoms with Crippen molar-refractivity contribution in [3.63, 3.8) is 0 Å². The first-order chi connectivity index (χ1) is 12.1. The van der Waals surface area contributed by atoms with E-state index in [1.807, 2.05) is 48.5 Å². The molecule has 0 fully saturated rings. The van der Waals surface area contributed by atoms with E-state index in [0.717, 1.165) is 16.9 Å². The van der Waals surface area contributed by atoms with Gasteiger partial charge in [0, 0.05) is 0 Å². The van der Waals surface area contributed by atoms with Crippen LogP contribution in [0.3, 0.4) is 0 Å². The molecule has 1 N–H and O–H groups in total. The molecule has 0 saturated carbocycles. The molecule has 2 aromatic carbocycles. The van der Waals surface area contributed by atoms with Gasteiger partial charge in [-0.25, -0.2) is 9.78 Å². The van der Waals surface area contributed by atoms with Crippen LogP contribution in [0, 0.1) is 0 Å². The van der Waals surface area contributed by atoms with E-state index in [1.165, 1.54) is 16.7 Å². The molecule has 0 atom stereocenters. The second-order valence-corrected chi connectivity index (χ2v) is 5.93. The third kappa shape index (κ3) is 4.48. The number of hydrogen-bond acceptors (Lipinski definition) is 6. The zero-order valence-electron chi connectivity index (χ0n) is 13.3. The number of hydrogen-bond donors (Lipinski definition) is 1.